The lowest BCUT2D eigenvalue weighted by Gasteiger charge is -2.78. The third-order valence-electron chi connectivity index (χ3n) is 7.25. The van der Waals surface area contributed by atoms with E-state index in [0.29, 0.717) is 0 Å². The summed E-state index contributed by atoms with van der Waals surface area (Å²) in [6.45, 7) is 31.5. The number of hydrogen-bond donors (Lipinski definition) is 0. The predicted octanol–water partition coefficient (Wildman–Crippen LogP) is 7.64. The van der Waals surface area contributed by atoms with Crippen LogP contribution < -0.4 is 0 Å². The summed E-state index contributed by atoms with van der Waals surface area (Å²) in [5.74, 6) is 0. The first-order chi connectivity index (χ1) is 9.87. The van der Waals surface area contributed by atoms with Crippen LogP contribution in [-0.4, -0.2) is 21.6 Å². The van der Waals surface area contributed by atoms with Crippen molar-refractivity contribution in [2.24, 2.45) is 0 Å². The molecule has 0 nitrogen and oxygen atoms in total. The van der Waals surface area contributed by atoms with Crippen molar-refractivity contribution < 1.29 is 0 Å². The van der Waals surface area contributed by atoms with E-state index in [1.807, 2.05) is 0 Å². The third-order valence-corrected chi connectivity index (χ3v) is 86.8. The molecule has 1 aliphatic heterocycles. The van der Waals surface area contributed by atoms with E-state index in [-0.39, 0.29) is 0 Å². The van der Waals surface area contributed by atoms with Crippen molar-refractivity contribution in [2.75, 3.05) is 0 Å². The molecule has 1 saturated heterocycles. The van der Waals surface area contributed by atoms with Crippen molar-refractivity contribution in [1.29, 1.82) is 0 Å². The molecule has 0 bridgehead atoms. The molecule has 0 radical (unpaired) electrons. The first kappa shape index (κ1) is 21.1. The minimum Gasteiger partial charge on any atom is -0.148 e. The van der Waals surface area contributed by atoms with Crippen molar-refractivity contribution >= 4 is 29.3 Å². The maximum absolute atomic E-state index is 2.65. The van der Waals surface area contributed by atoms with Crippen molar-refractivity contribution in [1.82, 2.24) is 0 Å². The summed E-state index contributed by atoms with van der Waals surface area (Å²) in [5.41, 5.74) is 6.00. The summed E-state index contributed by atoms with van der Waals surface area (Å²) in [4.78, 5) is 0. The van der Waals surface area contributed by atoms with E-state index in [2.05, 4.69) is 83.1 Å². The van der Waals surface area contributed by atoms with Crippen molar-refractivity contribution in [2.45, 2.75) is 116 Å². The molecule has 0 aromatic carbocycles. The topological polar surface area (TPSA) is 0 Å². The van der Waals surface area contributed by atoms with Gasteiger partial charge in [0.2, 0.25) is 0 Å². The second kappa shape index (κ2) is 6.77. The fourth-order valence-corrected chi connectivity index (χ4v) is 126. The van der Waals surface area contributed by atoms with Crippen LogP contribution in [-0.2, 0) is 0 Å². The smallest absolute Gasteiger partial charge is 0.0705 e. The van der Waals surface area contributed by atoms with Gasteiger partial charge in [0.15, 0.2) is 0 Å². The minimum absolute atomic E-state index is 1.00. The maximum atomic E-state index is 2.65. The van der Waals surface area contributed by atoms with Gasteiger partial charge in [-0.3, -0.25) is 0 Å². The first-order valence-electron chi connectivity index (χ1n) is 9.66. The molecular weight excluding hydrogens is 331 g/mol. The highest BCUT2D eigenvalue weighted by Crippen LogP contribution is 2.78. The molecule has 132 valence electrons. The molecule has 0 aliphatic carbocycles. The molecular formula is C18H43PSi3. The fourth-order valence-electron chi connectivity index (χ4n) is 7.23. The number of rotatable bonds is 6. The van der Waals surface area contributed by atoms with Gasteiger partial charge in [-0.25, -0.2) is 0 Å². The van der Waals surface area contributed by atoms with Crippen LogP contribution in [0.15, 0.2) is 0 Å². The molecule has 0 aromatic heterocycles. The molecule has 1 fully saturated rings. The van der Waals surface area contributed by atoms with Crippen LogP contribution in [0.4, 0.5) is 0 Å². The molecule has 4 heteroatoms. The first-order valence-corrected chi connectivity index (χ1v) is 21.1. The van der Waals surface area contributed by atoms with Crippen LogP contribution in [0.3, 0.4) is 0 Å². The summed E-state index contributed by atoms with van der Waals surface area (Å²) >= 11 is 0. The Labute approximate surface area is 145 Å². The molecule has 0 amide bonds. The van der Waals surface area contributed by atoms with Gasteiger partial charge in [-0.05, 0) is 22.2 Å². The van der Waals surface area contributed by atoms with Crippen LogP contribution in [0.1, 0.15) is 83.1 Å². The molecule has 1 rings (SSSR count). The van der Waals surface area contributed by atoms with Crippen LogP contribution >= 0.6 is 7.68 Å². The van der Waals surface area contributed by atoms with Crippen LogP contribution in [0, 0.1) is 0 Å². The third kappa shape index (κ3) is 2.28. The predicted molar refractivity (Wildman–Crippen MR) is 116 cm³/mol. The standard InChI is InChI=1S/C18H43PSi3/c1-13(2)20(14(3)4)19-21(15(5)6,16(7)8)22(20,17(9)10)18(11)12/h13-19H,1-12H3. The Balaban J connectivity index is 3.76. The van der Waals surface area contributed by atoms with Gasteiger partial charge < -0.3 is 0 Å². The Kier molecular flexibility index (Phi) is 6.50. The van der Waals surface area contributed by atoms with Crippen molar-refractivity contribution in [3.63, 3.8) is 0 Å². The zero-order chi connectivity index (χ0) is 17.7. The van der Waals surface area contributed by atoms with Crippen LogP contribution in [0.25, 0.3) is 0 Å². The molecule has 1 aliphatic rings. The van der Waals surface area contributed by atoms with E-state index in [9.17, 15) is 0 Å². The van der Waals surface area contributed by atoms with Gasteiger partial charge in [0.05, 0.1) is 21.6 Å². The quantitative estimate of drug-likeness (QED) is 0.331. The lowest BCUT2D eigenvalue weighted by atomic mass is 10.5. The molecule has 0 spiro atoms. The highest BCUT2D eigenvalue weighted by molar-refractivity contribution is 8.39. The van der Waals surface area contributed by atoms with E-state index in [0.717, 1.165) is 33.2 Å². The molecule has 22 heavy (non-hydrogen) atoms. The van der Waals surface area contributed by atoms with Gasteiger partial charge >= 0.3 is 0 Å². The summed E-state index contributed by atoms with van der Waals surface area (Å²) in [6.07, 6.45) is 0. The largest absolute Gasteiger partial charge is 0.148 e. The fraction of sp³-hybridized carbons (Fsp3) is 1.00. The highest BCUT2D eigenvalue weighted by atomic mass is 31.7. The molecule has 1 heterocycles. The highest BCUT2D eigenvalue weighted by Gasteiger charge is 2.80. The van der Waals surface area contributed by atoms with E-state index < -0.39 is 21.6 Å². The summed E-state index contributed by atoms with van der Waals surface area (Å²) in [5, 5.41) is 0. The van der Waals surface area contributed by atoms with Crippen molar-refractivity contribution in [3.05, 3.63) is 0 Å². The van der Waals surface area contributed by atoms with E-state index in [4.69, 9.17) is 0 Å². The lowest BCUT2D eigenvalue weighted by Crippen LogP contribution is -2.90. The van der Waals surface area contributed by atoms with Gasteiger partial charge in [-0.2, -0.15) is 0 Å². The molecule has 0 atom stereocenters. The molecule has 0 saturated carbocycles. The Morgan fingerprint density at radius 2 is 0.636 bits per heavy atom. The van der Waals surface area contributed by atoms with Crippen LogP contribution in [0.5, 0.6) is 0 Å². The van der Waals surface area contributed by atoms with Gasteiger partial charge in [-0.15, -0.1) is 7.68 Å². The van der Waals surface area contributed by atoms with Gasteiger partial charge in [0.25, 0.3) is 0 Å². The second-order valence-corrected chi connectivity index (χ2v) is 44.4. The summed E-state index contributed by atoms with van der Waals surface area (Å²) < 4.78 is 0. The van der Waals surface area contributed by atoms with Crippen molar-refractivity contribution in [3.8, 4) is 0 Å². The zero-order valence-electron chi connectivity index (χ0n) is 17.5. The van der Waals surface area contributed by atoms with Crippen LogP contribution in [0.2, 0.25) is 33.2 Å². The Hall–Kier alpha value is 1.08. The van der Waals surface area contributed by atoms with Gasteiger partial charge in [0.1, 0.15) is 0 Å². The minimum atomic E-state index is -1.22. The normalized spacial score (nSPS) is 23.2. The van der Waals surface area contributed by atoms with E-state index in [1.54, 1.807) is 0 Å². The average molecular weight is 375 g/mol. The lowest BCUT2D eigenvalue weighted by molar-refractivity contribution is 0.867. The molecule has 0 N–H and O–H groups in total. The van der Waals surface area contributed by atoms with E-state index >= 15 is 0 Å². The van der Waals surface area contributed by atoms with Gasteiger partial charge in [-0.1, -0.05) is 94.2 Å². The van der Waals surface area contributed by atoms with Gasteiger partial charge in [0, 0.05) is 0 Å². The zero-order valence-corrected chi connectivity index (χ0v) is 21.5. The SMILES string of the molecule is CC(C)[Si]1(C(C)C)P[Si](C(C)C)(C(C)C)[Si]1(C(C)C)C(C)C. The molecule has 0 unspecified atom stereocenters. The molecule has 0 aromatic rings. The Bertz CT molecular complexity index is 334. The average Bonchev–Trinajstić information content (AvgIpc) is 2.24. The summed E-state index contributed by atoms with van der Waals surface area (Å²) in [7, 11) is -2.05. The second-order valence-electron chi connectivity index (χ2n) is 9.66. The maximum Gasteiger partial charge on any atom is 0.0705 e. The summed E-state index contributed by atoms with van der Waals surface area (Å²) in [6, 6.07) is 0. The van der Waals surface area contributed by atoms with E-state index in [1.165, 1.54) is 7.68 Å². The number of hydrogen-bond acceptors (Lipinski definition) is 0. The monoisotopic (exact) mass is 374 g/mol. The Morgan fingerprint density at radius 3 is 0.773 bits per heavy atom. The Morgan fingerprint density at radius 1 is 0.409 bits per heavy atom.